The van der Waals surface area contributed by atoms with Crippen molar-refractivity contribution in [3.63, 3.8) is 0 Å². The van der Waals surface area contributed by atoms with Gasteiger partial charge in [-0.25, -0.2) is 13.6 Å². The third-order valence-electron chi connectivity index (χ3n) is 2.05. The summed E-state index contributed by atoms with van der Waals surface area (Å²) in [4.78, 5) is 10.6. The summed E-state index contributed by atoms with van der Waals surface area (Å²) in [6, 6.07) is 3.83. The molecule has 3 N–H and O–H groups in total. The zero-order valence-electron chi connectivity index (χ0n) is 8.78. The summed E-state index contributed by atoms with van der Waals surface area (Å²) in [5.74, 6) is -1.50. The Kier molecular flexibility index (Phi) is 3.79. The topological polar surface area (TPSA) is 89.3 Å². The van der Waals surface area contributed by atoms with Gasteiger partial charge in [0.1, 0.15) is 0 Å². The maximum Gasteiger partial charge on any atom is 0.315 e. The Balaban J connectivity index is 3.16. The predicted molar refractivity (Wildman–Crippen MR) is 57.2 cm³/mol. The van der Waals surface area contributed by atoms with E-state index in [0.717, 1.165) is 0 Å². The van der Waals surface area contributed by atoms with Gasteiger partial charge < -0.3 is 5.32 Å². The van der Waals surface area contributed by atoms with E-state index in [0.29, 0.717) is 0 Å². The molecule has 94 valence electrons. The molecule has 0 aromatic heterocycles. The summed E-state index contributed by atoms with van der Waals surface area (Å²) in [5, 5.41) is 6.84. The Bertz CT molecular complexity index is 543. The van der Waals surface area contributed by atoms with Crippen molar-refractivity contribution in [2.75, 3.05) is 5.32 Å². The molecule has 0 unspecified atom stereocenters. The van der Waals surface area contributed by atoms with Gasteiger partial charge in [0.25, 0.3) is 5.91 Å². The number of carbonyl (C=O) groups is 1. The molecule has 8 heteroatoms. The highest BCUT2D eigenvalue weighted by Gasteiger charge is 2.19. The monoisotopic (exact) mass is 264 g/mol. The first-order valence-corrected chi connectivity index (χ1v) is 5.99. The van der Waals surface area contributed by atoms with Crippen LogP contribution in [0.4, 0.5) is 14.5 Å². The third kappa shape index (κ3) is 3.21. The number of nitrogens with two attached hydrogens (primary N) is 1. The van der Waals surface area contributed by atoms with Gasteiger partial charge in [-0.1, -0.05) is 6.07 Å². The van der Waals surface area contributed by atoms with Crippen LogP contribution in [0, 0.1) is 6.92 Å². The molecule has 0 aliphatic carbocycles. The van der Waals surface area contributed by atoms with Crippen LogP contribution in [0.1, 0.15) is 5.56 Å². The van der Waals surface area contributed by atoms with Crippen LogP contribution in [-0.2, 0) is 14.8 Å². The van der Waals surface area contributed by atoms with Crippen molar-refractivity contribution in [2.45, 2.75) is 18.2 Å². The van der Waals surface area contributed by atoms with Gasteiger partial charge in [-0.3, -0.25) is 4.79 Å². The van der Waals surface area contributed by atoms with Crippen molar-refractivity contribution in [1.29, 1.82) is 0 Å². The predicted octanol–water partition coefficient (Wildman–Crippen LogP) is 0.846. The van der Waals surface area contributed by atoms with Crippen LogP contribution < -0.4 is 10.5 Å². The van der Waals surface area contributed by atoms with E-state index < -0.39 is 22.4 Å². The van der Waals surface area contributed by atoms with E-state index in [4.69, 9.17) is 5.14 Å². The van der Waals surface area contributed by atoms with Gasteiger partial charge >= 0.3 is 6.43 Å². The minimum absolute atomic E-state index is 0.0122. The van der Waals surface area contributed by atoms with Gasteiger partial charge in [0.15, 0.2) is 0 Å². The highest BCUT2D eigenvalue weighted by atomic mass is 32.2. The van der Waals surface area contributed by atoms with E-state index in [-0.39, 0.29) is 16.1 Å². The molecule has 1 amide bonds. The van der Waals surface area contributed by atoms with Crippen LogP contribution in [0.5, 0.6) is 0 Å². The summed E-state index contributed by atoms with van der Waals surface area (Å²) in [5.41, 5.74) is 0.103. The van der Waals surface area contributed by atoms with Crippen LogP contribution in [0.3, 0.4) is 0 Å². The van der Waals surface area contributed by atoms with E-state index in [2.05, 4.69) is 0 Å². The number of hydrogen-bond donors (Lipinski definition) is 2. The largest absolute Gasteiger partial charge is 0.321 e. The van der Waals surface area contributed by atoms with Crippen LogP contribution in [0.15, 0.2) is 23.1 Å². The van der Waals surface area contributed by atoms with Crippen LogP contribution >= 0.6 is 0 Å². The average molecular weight is 264 g/mol. The molecular formula is C9H10F2N2O3S. The Labute approximate surface area is 96.7 Å². The molecule has 0 atom stereocenters. The number of rotatable bonds is 3. The van der Waals surface area contributed by atoms with Crippen molar-refractivity contribution in [1.82, 2.24) is 0 Å². The number of primary sulfonamides is 1. The van der Waals surface area contributed by atoms with Gasteiger partial charge in [0.05, 0.1) is 4.90 Å². The molecule has 1 aromatic rings. The molecule has 0 saturated heterocycles. The Morgan fingerprint density at radius 1 is 1.41 bits per heavy atom. The van der Waals surface area contributed by atoms with Gasteiger partial charge in [-0.15, -0.1) is 0 Å². The molecule has 0 aliphatic rings. The average Bonchev–Trinajstić information content (AvgIpc) is 2.19. The van der Waals surface area contributed by atoms with Crippen LogP contribution in [0.25, 0.3) is 0 Å². The van der Waals surface area contributed by atoms with Crippen molar-refractivity contribution in [2.24, 2.45) is 5.14 Å². The first kappa shape index (κ1) is 13.5. The number of sulfonamides is 1. The normalized spacial score (nSPS) is 11.6. The molecule has 0 saturated carbocycles. The minimum atomic E-state index is -3.95. The summed E-state index contributed by atoms with van der Waals surface area (Å²) in [7, 11) is -3.95. The second kappa shape index (κ2) is 4.76. The fourth-order valence-electron chi connectivity index (χ4n) is 1.25. The Morgan fingerprint density at radius 3 is 2.47 bits per heavy atom. The molecular weight excluding hydrogens is 254 g/mol. The molecule has 1 rings (SSSR count). The van der Waals surface area contributed by atoms with E-state index in [1.165, 1.54) is 25.1 Å². The lowest BCUT2D eigenvalue weighted by atomic mass is 10.2. The number of alkyl halides is 2. The number of hydrogen-bond acceptors (Lipinski definition) is 3. The standard InChI is InChI=1S/C9H10F2N2O3S/c1-5-6(13-9(14)8(10)11)3-2-4-7(5)17(12,15)16/h2-4,8H,1H3,(H,13,14)(H2,12,15,16). The molecule has 0 heterocycles. The van der Waals surface area contributed by atoms with Gasteiger partial charge in [0, 0.05) is 5.69 Å². The minimum Gasteiger partial charge on any atom is -0.321 e. The lowest BCUT2D eigenvalue weighted by molar-refractivity contribution is -0.126. The Hall–Kier alpha value is -1.54. The van der Waals surface area contributed by atoms with E-state index in [1.807, 2.05) is 5.32 Å². The Morgan fingerprint density at radius 2 is 2.00 bits per heavy atom. The summed E-state index contributed by atoms with van der Waals surface area (Å²) in [6.07, 6.45) is -3.17. The van der Waals surface area contributed by atoms with E-state index in [1.54, 1.807) is 0 Å². The molecule has 5 nitrogen and oxygen atoms in total. The summed E-state index contributed by atoms with van der Waals surface area (Å²) >= 11 is 0. The van der Waals surface area contributed by atoms with E-state index in [9.17, 15) is 22.0 Å². The maximum absolute atomic E-state index is 12.0. The van der Waals surface area contributed by atoms with Gasteiger partial charge in [0.2, 0.25) is 10.0 Å². The molecule has 0 spiro atoms. The number of carbonyl (C=O) groups excluding carboxylic acids is 1. The first-order valence-electron chi connectivity index (χ1n) is 4.45. The van der Waals surface area contributed by atoms with Gasteiger partial charge in [-0.05, 0) is 24.6 Å². The molecule has 0 fully saturated rings. The number of anilines is 1. The summed E-state index contributed by atoms with van der Waals surface area (Å²) < 4.78 is 46.3. The second-order valence-electron chi connectivity index (χ2n) is 3.26. The third-order valence-corrected chi connectivity index (χ3v) is 3.10. The zero-order chi connectivity index (χ0) is 13.2. The number of amides is 1. The zero-order valence-corrected chi connectivity index (χ0v) is 9.59. The highest BCUT2D eigenvalue weighted by molar-refractivity contribution is 7.89. The van der Waals surface area contributed by atoms with Crippen molar-refractivity contribution >= 4 is 21.6 Å². The second-order valence-corrected chi connectivity index (χ2v) is 4.79. The molecule has 0 aliphatic heterocycles. The smallest absolute Gasteiger partial charge is 0.315 e. The SMILES string of the molecule is Cc1c(NC(=O)C(F)F)cccc1S(N)(=O)=O. The lowest BCUT2D eigenvalue weighted by Crippen LogP contribution is -2.21. The molecule has 1 aromatic carbocycles. The lowest BCUT2D eigenvalue weighted by Gasteiger charge is -2.10. The number of nitrogens with one attached hydrogen (secondary N) is 1. The highest BCUT2D eigenvalue weighted by Crippen LogP contribution is 2.22. The van der Waals surface area contributed by atoms with Crippen LogP contribution in [-0.4, -0.2) is 20.8 Å². The quantitative estimate of drug-likeness (QED) is 0.848. The number of benzene rings is 1. The maximum atomic E-state index is 12.0. The van der Waals surface area contributed by atoms with E-state index >= 15 is 0 Å². The molecule has 0 radical (unpaired) electrons. The van der Waals surface area contributed by atoms with Crippen LogP contribution in [0.2, 0.25) is 0 Å². The van der Waals surface area contributed by atoms with Crippen molar-refractivity contribution in [3.05, 3.63) is 23.8 Å². The summed E-state index contributed by atoms with van der Waals surface area (Å²) in [6.45, 7) is 1.36. The fourth-order valence-corrected chi connectivity index (χ4v) is 2.05. The number of halogens is 2. The fraction of sp³-hybridized carbons (Fsp3) is 0.222. The molecule has 0 bridgehead atoms. The van der Waals surface area contributed by atoms with Crippen molar-refractivity contribution in [3.8, 4) is 0 Å². The van der Waals surface area contributed by atoms with Crippen molar-refractivity contribution < 1.29 is 22.0 Å². The van der Waals surface area contributed by atoms with Gasteiger partial charge in [-0.2, -0.15) is 8.78 Å². The molecule has 17 heavy (non-hydrogen) atoms. The first-order chi connectivity index (χ1) is 7.73.